The molecule has 1 amide bonds. The Morgan fingerprint density at radius 2 is 1.88 bits per heavy atom. The third kappa shape index (κ3) is 4.12. The minimum absolute atomic E-state index is 0.0770. The molecule has 2 aromatic carbocycles. The van der Waals surface area contributed by atoms with E-state index in [1.54, 1.807) is 24.1 Å². The van der Waals surface area contributed by atoms with Gasteiger partial charge in [-0.3, -0.25) is 4.79 Å². The van der Waals surface area contributed by atoms with Crippen molar-refractivity contribution in [3.05, 3.63) is 71.7 Å². The van der Waals surface area contributed by atoms with Crippen LogP contribution in [0.4, 0.5) is 4.39 Å². The van der Waals surface area contributed by atoms with Crippen molar-refractivity contribution in [3.63, 3.8) is 0 Å². The number of carbonyl (C=O) groups is 1. The number of halogens is 1. The molecule has 1 heterocycles. The minimum atomic E-state index is -0.292. The van der Waals surface area contributed by atoms with Crippen LogP contribution in [0.5, 0.6) is 5.75 Å². The maximum Gasteiger partial charge on any atom is 0.260 e. The number of nitrogens with zero attached hydrogens (tertiary/aromatic N) is 2. The first kappa shape index (κ1) is 16.9. The molecule has 3 aromatic rings. The van der Waals surface area contributed by atoms with E-state index >= 15 is 0 Å². The lowest BCUT2D eigenvalue weighted by molar-refractivity contribution is -0.132. The van der Waals surface area contributed by atoms with Gasteiger partial charge < -0.3 is 9.64 Å². The fourth-order valence-corrected chi connectivity index (χ4v) is 2.54. The van der Waals surface area contributed by atoms with Crippen molar-refractivity contribution in [2.45, 2.75) is 13.5 Å². The van der Waals surface area contributed by atoms with E-state index in [0.717, 1.165) is 22.2 Å². The third-order valence-electron chi connectivity index (χ3n) is 3.93. The maximum absolute atomic E-state index is 12.9. The molecule has 0 aliphatic carbocycles. The predicted octanol–water partition coefficient (Wildman–Crippen LogP) is 3.72. The summed E-state index contributed by atoms with van der Waals surface area (Å²) in [6.07, 6.45) is 0. The number of amides is 1. The van der Waals surface area contributed by atoms with Crippen LogP contribution in [0.25, 0.3) is 10.9 Å². The number of aryl methyl sites for hydroxylation is 1. The van der Waals surface area contributed by atoms with E-state index < -0.39 is 0 Å². The number of rotatable bonds is 5. The molecule has 0 fully saturated rings. The molecule has 0 bridgehead atoms. The van der Waals surface area contributed by atoms with Gasteiger partial charge in [-0.25, -0.2) is 9.37 Å². The highest BCUT2D eigenvalue weighted by atomic mass is 19.1. The van der Waals surface area contributed by atoms with E-state index in [0.29, 0.717) is 12.3 Å². The molecule has 0 N–H and O–H groups in total. The van der Waals surface area contributed by atoms with Crippen molar-refractivity contribution in [3.8, 4) is 5.75 Å². The van der Waals surface area contributed by atoms with Gasteiger partial charge in [-0.2, -0.15) is 0 Å². The molecular formula is C20H19FN2O2. The molecular weight excluding hydrogens is 319 g/mol. The van der Waals surface area contributed by atoms with Crippen LogP contribution >= 0.6 is 0 Å². The largest absolute Gasteiger partial charge is 0.481 e. The van der Waals surface area contributed by atoms with Crippen LogP contribution in [-0.4, -0.2) is 29.4 Å². The summed E-state index contributed by atoms with van der Waals surface area (Å²) in [5.41, 5.74) is 2.50. The Morgan fingerprint density at radius 1 is 1.12 bits per heavy atom. The van der Waals surface area contributed by atoms with Crippen molar-refractivity contribution < 1.29 is 13.9 Å². The second-order valence-corrected chi connectivity index (χ2v) is 5.95. The Balaban J connectivity index is 1.65. The zero-order valence-corrected chi connectivity index (χ0v) is 14.2. The SMILES string of the molecule is Cc1ccc2cccc(OCC(=O)N(C)Cc3ccc(F)cc3)c2n1. The van der Waals surface area contributed by atoms with Gasteiger partial charge in [-0.1, -0.05) is 30.3 Å². The number of fused-ring (bicyclic) bond motifs is 1. The molecule has 25 heavy (non-hydrogen) atoms. The highest BCUT2D eigenvalue weighted by Crippen LogP contribution is 2.24. The fraction of sp³-hybridized carbons (Fsp3) is 0.200. The van der Waals surface area contributed by atoms with Crippen molar-refractivity contribution in [1.82, 2.24) is 9.88 Å². The van der Waals surface area contributed by atoms with Crippen molar-refractivity contribution in [2.75, 3.05) is 13.7 Å². The molecule has 0 aliphatic heterocycles. The molecule has 4 nitrogen and oxygen atoms in total. The van der Waals surface area contributed by atoms with Gasteiger partial charge in [0, 0.05) is 24.7 Å². The summed E-state index contributed by atoms with van der Waals surface area (Å²) in [5.74, 6) is 0.138. The molecule has 0 radical (unpaired) electrons. The van der Waals surface area contributed by atoms with Crippen LogP contribution < -0.4 is 4.74 Å². The Kier molecular flexibility index (Phi) is 4.93. The smallest absolute Gasteiger partial charge is 0.260 e. The second kappa shape index (κ2) is 7.30. The fourth-order valence-electron chi connectivity index (χ4n) is 2.54. The Bertz CT molecular complexity index is 894. The summed E-state index contributed by atoms with van der Waals surface area (Å²) in [7, 11) is 1.69. The Labute approximate surface area is 145 Å². The molecule has 0 spiro atoms. The lowest BCUT2D eigenvalue weighted by Crippen LogP contribution is -2.31. The van der Waals surface area contributed by atoms with E-state index in [1.165, 1.54) is 12.1 Å². The van der Waals surface area contributed by atoms with Gasteiger partial charge in [0.2, 0.25) is 0 Å². The van der Waals surface area contributed by atoms with Crippen molar-refractivity contribution in [1.29, 1.82) is 0 Å². The van der Waals surface area contributed by atoms with E-state index in [2.05, 4.69) is 4.98 Å². The standard InChI is InChI=1S/C20H19FN2O2/c1-14-6-9-16-4-3-5-18(20(16)22-14)25-13-19(24)23(2)12-15-7-10-17(21)11-8-15/h3-11H,12-13H2,1-2H3. The summed E-state index contributed by atoms with van der Waals surface area (Å²) >= 11 is 0. The first-order valence-electron chi connectivity index (χ1n) is 8.00. The molecule has 0 saturated carbocycles. The van der Waals surface area contributed by atoms with Gasteiger partial charge in [0.15, 0.2) is 6.61 Å². The number of ether oxygens (including phenoxy) is 1. The number of likely N-dealkylation sites (N-methyl/N-ethyl adjacent to an activating group) is 1. The zero-order valence-electron chi connectivity index (χ0n) is 14.2. The van der Waals surface area contributed by atoms with Crippen molar-refractivity contribution in [2.24, 2.45) is 0 Å². The number of benzene rings is 2. The van der Waals surface area contributed by atoms with Crippen molar-refractivity contribution >= 4 is 16.8 Å². The lowest BCUT2D eigenvalue weighted by Gasteiger charge is -2.18. The zero-order chi connectivity index (χ0) is 17.8. The predicted molar refractivity (Wildman–Crippen MR) is 94.8 cm³/mol. The van der Waals surface area contributed by atoms with Crippen LogP contribution in [0.1, 0.15) is 11.3 Å². The summed E-state index contributed by atoms with van der Waals surface area (Å²) < 4.78 is 18.6. The molecule has 0 atom stereocenters. The molecule has 0 aliphatic rings. The number of hydrogen-bond acceptors (Lipinski definition) is 3. The van der Waals surface area contributed by atoms with Gasteiger partial charge in [-0.05, 0) is 36.8 Å². The molecule has 3 rings (SSSR count). The normalized spacial score (nSPS) is 10.7. The topological polar surface area (TPSA) is 42.4 Å². The van der Waals surface area contributed by atoms with Crippen LogP contribution in [0.3, 0.4) is 0 Å². The highest BCUT2D eigenvalue weighted by Gasteiger charge is 2.12. The van der Waals surface area contributed by atoms with Gasteiger partial charge in [0.05, 0.1) is 0 Å². The summed E-state index contributed by atoms with van der Waals surface area (Å²) in [5, 5.41) is 0.968. The second-order valence-electron chi connectivity index (χ2n) is 5.95. The molecule has 0 saturated heterocycles. The minimum Gasteiger partial charge on any atom is -0.481 e. The van der Waals surface area contributed by atoms with Crippen LogP contribution in [0, 0.1) is 12.7 Å². The van der Waals surface area contributed by atoms with Crippen LogP contribution in [0.2, 0.25) is 0 Å². The van der Waals surface area contributed by atoms with E-state index in [9.17, 15) is 9.18 Å². The highest BCUT2D eigenvalue weighted by molar-refractivity contribution is 5.85. The quantitative estimate of drug-likeness (QED) is 0.712. The Morgan fingerprint density at radius 3 is 2.64 bits per heavy atom. The average molecular weight is 338 g/mol. The van der Waals surface area contributed by atoms with E-state index in [4.69, 9.17) is 4.74 Å². The van der Waals surface area contributed by atoms with Gasteiger partial charge in [0.25, 0.3) is 5.91 Å². The summed E-state index contributed by atoms with van der Waals surface area (Å²) in [4.78, 5) is 18.3. The molecule has 128 valence electrons. The summed E-state index contributed by atoms with van der Waals surface area (Å²) in [6.45, 7) is 2.24. The van der Waals surface area contributed by atoms with Gasteiger partial charge >= 0.3 is 0 Å². The van der Waals surface area contributed by atoms with Crippen LogP contribution in [0.15, 0.2) is 54.6 Å². The molecule has 0 unspecified atom stereocenters. The monoisotopic (exact) mass is 338 g/mol. The Hall–Kier alpha value is -2.95. The third-order valence-corrected chi connectivity index (χ3v) is 3.93. The van der Waals surface area contributed by atoms with Gasteiger partial charge in [0.1, 0.15) is 17.1 Å². The maximum atomic E-state index is 12.9. The first-order valence-corrected chi connectivity index (χ1v) is 8.00. The molecule has 5 heteroatoms. The number of aromatic nitrogens is 1. The number of para-hydroxylation sites is 1. The number of carbonyl (C=O) groups excluding carboxylic acids is 1. The average Bonchev–Trinajstić information content (AvgIpc) is 2.61. The lowest BCUT2D eigenvalue weighted by atomic mass is 10.2. The van der Waals surface area contributed by atoms with E-state index in [-0.39, 0.29) is 18.3 Å². The number of hydrogen-bond donors (Lipinski definition) is 0. The summed E-state index contributed by atoms with van der Waals surface area (Å²) in [6, 6.07) is 15.7. The van der Waals surface area contributed by atoms with Crippen LogP contribution in [-0.2, 0) is 11.3 Å². The molecule has 1 aromatic heterocycles. The first-order chi connectivity index (χ1) is 12.0. The van der Waals surface area contributed by atoms with Gasteiger partial charge in [-0.15, -0.1) is 0 Å². The number of pyridine rings is 1. The van der Waals surface area contributed by atoms with E-state index in [1.807, 2.05) is 37.3 Å².